The van der Waals surface area contributed by atoms with E-state index in [1.54, 1.807) is 36.4 Å². The van der Waals surface area contributed by atoms with E-state index in [1.807, 2.05) is 6.07 Å². The Morgan fingerprint density at radius 3 is 3.00 bits per heavy atom. The number of anilines is 1. The van der Waals surface area contributed by atoms with Crippen LogP contribution in [0.15, 0.2) is 30.7 Å². The molecule has 2 heterocycles. The van der Waals surface area contributed by atoms with Gasteiger partial charge in [-0.1, -0.05) is 0 Å². The molecular formula is C9H10N4O. The van der Waals surface area contributed by atoms with Crippen LogP contribution in [-0.4, -0.2) is 21.9 Å². The van der Waals surface area contributed by atoms with Crippen LogP contribution in [0.5, 0.6) is 5.88 Å². The lowest BCUT2D eigenvalue weighted by molar-refractivity contribution is 0.397. The maximum Gasteiger partial charge on any atom is 0.215 e. The molecule has 14 heavy (non-hydrogen) atoms. The van der Waals surface area contributed by atoms with Crippen LogP contribution in [0.2, 0.25) is 0 Å². The highest BCUT2D eigenvalue weighted by atomic mass is 16.5. The Hall–Kier alpha value is -2.04. The third-order valence-corrected chi connectivity index (χ3v) is 1.79. The van der Waals surface area contributed by atoms with E-state index in [-0.39, 0.29) is 0 Å². The van der Waals surface area contributed by atoms with Crippen molar-refractivity contribution >= 4 is 5.69 Å². The van der Waals surface area contributed by atoms with Gasteiger partial charge < -0.3 is 10.5 Å². The van der Waals surface area contributed by atoms with Gasteiger partial charge in [-0.25, -0.2) is 9.67 Å². The van der Waals surface area contributed by atoms with Crippen molar-refractivity contribution in [1.29, 1.82) is 0 Å². The highest BCUT2D eigenvalue weighted by molar-refractivity contribution is 5.39. The molecule has 72 valence electrons. The molecule has 0 aliphatic heterocycles. The summed E-state index contributed by atoms with van der Waals surface area (Å²) in [4.78, 5) is 4.00. The Balaban J connectivity index is 2.41. The van der Waals surface area contributed by atoms with Gasteiger partial charge in [0.15, 0.2) is 0 Å². The number of pyridine rings is 1. The van der Waals surface area contributed by atoms with Crippen LogP contribution in [0, 0.1) is 0 Å². The van der Waals surface area contributed by atoms with Crippen molar-refractivity contribution in [2.24, 2.45) is 0 Å². The van der Waals surface area contributed by atoms with Crippen LogP contribution in [0.25, 0.3) is 5.69 Å². The summed E-state index contributed by atoms with van der Waals surface area (Å²) < 4.78 is 6.67. The van der Waals surface area contributed by atoms with Gasteiger partial charge in [0.05, 0.1) is 30.9 Å². The number of rotatable bonds is 2. The molecule has 0 atom stereocenters. The van der Waals surface area contributed by atoms with Gasteiger partial charge >= 0.3 is 0 Å². The number of aromatic nitrogens is 3. The van der Waals surface area contributed by atoms with Gasteiger partial charge in [-0.3, -0.25) is 0 Å². The molecule has 0 aliphatic carbocycles. The zero-order valence-electron chi connectivity index (χ0n) is 7.71. The second kappa shape index (κ2) is 3.37. The van der Waals surface area contributed by atoms with Gasteiger partial charge in [0.25, 0.3) is 0 Å². The van der Waals surface area contributed by atoms with E-state index in [9.17, 15) is 0 Å². The monoisotopic (exact) mass is 190 g/mol. The highest BCUT2D eigenvalue weighted by Crippen LogP contribution is 2.13. The second-order valence-electron chi connectivity index (χ2n) is 2.77. The molecule has 0 aromatic carbocycles. The van der Waals surface area contributed by atoms with Crippen molar-refractivity contribution in [3.63, 3.8) is 0 Å². The molecule has 2 N–H and O–H groups in total. The number of hydrogen-bond donors (Lipinski definition) is 1. The van der Waals surface area contributed by atoms with Crippen LogP contribution in [0.1, 0.15) is 0 Å². The predicted octanol–water partition coefficient (Wildman–Crippen LogP) is 0.858. The van der Waals surface area contributed by atoms with E-state index in [4.69, 9.17) is 10.5 Å². The first-order valence-electron chi connectivity index (χ1n) is 4.10. The number of methoxy groups -OCH3 is 1. The molecule has 0 radical (unpaired) electrons. The van der Waals surface area contributed by atoms with Crippen LogP contribution in [-0.2, 0) is 0 Å². The van der Waals surface area contributed by atoms with Crippen molar-refractivity contribution in [2.75, 3.05) is 12.8 Å². The molecule has 5 heteroatoms. The minimum atomic E-state index is 0.552. The smallest absolute Gasteiger partial charge is 0.215 e. The Morgan fingerprint density at radius 2 is 2.36 bits per heavy atom. The zero-order chi connectivity index (χ0) is 9.97. The van der Waals surface area contributed by atoms with Gasteiger partial charge in [0, 0.05) is 12.3 Å². The molecule has 0 fully saturated rings. The third kappa shape index (κ3) is 1.52. The minimum Gasteiger partial charge on any atom is -0.481 e. The maximum absolute atomic E-state index is 5.56. The number of ether oxygens (including phenoxy) is 1. The highest BCUT2D eigenvalue weighted by Gasteiger charge is 2.00. The summed E-state index contributed by atoms with van der Waals surface area (Å²) >= 11 is 0. The molecule has 0 unspecified atom stereocenters. The lowest BCUT2D eigenvalue weighted by Gasteiger charge is -2.02. The number of hydrogen-bond acceptors (Lipinski definition) is 4. The number of nitrogens with zero attached hydrogens (tertiary/aromatic N) is 3. The van der Waals surface area contributed by atoms with Crippen LogP contribution < -0.4 is 10.5 Å². The summed E-state index contributed by atoms with van der Waals surface area (Å²) in [5, 5.41) is 4.07. The Kier molecular flexibility index (Phi) is 2.06. The van der Waals surface area contributed by atoms with Crippen molar-refractivity contribution < 1.29 is 4.74 Å². The maximum atomic E-state index is 5.56. The quantitative estimate of drug-likeness (QED) is 0.762. The molecule has 0 bridgehead atoms. The molecule has 2 rings (SSSR count). The summed E-state index contributed by atoms with van der Waals surface area (Å²) in [6, 6.07) is 3.61. The topological polar surface area (TPSA) is 66.0 Å². The summed E-state index contributed by atoms with van der Waals surface area (Å²) in [6.45, 7) is 0. The molecule has 0 spiro atoms. The fraction of sp³-hybridized carbons (Fsp3) is 0.111. The summed E-state index contributed by atoms with van der Waals surface area (Å²) in [5.41, 5.74) is 7.05. The lowest BCUT2D eigenvalue weighted by atomic mass is 10.4. The first-order valence-corrected chi connectivity index (χ1v) is 4.10. The lowest BCUT2D eigenvalue weighted by Crippen LogP contribution is -1.96. The first kappa shape index (κ1) is 8.55. The molecule has 5 nitrogen and oxygen atoms in total. The van der Waals surface area contributed by atoms with E-state index >= 15 is 0 Å². The van der Waals surface area contributed by atoms with Gasteiger partial charge in [-0.2, -0.15) is 5.10 Å². The number of nitrogens with two attached hydrogens (primary N) is 1. The summed E-state index contributed by atoms with van der Waals surface area (Å²) in [6.07, 6.45) is 4.98. The average Bonchev–Trinajstić information content (AvgIpc) is 2.65. The minimum absolute atomic E-state index is 0.552. The predicted molar refractivity (Wildman–Crippen MR) is 52.3 cm³/mol. The Labute approximate surface area is 81.1 Å². The van der Waals surface area contributed by atoms with Gasteiger partial charge in [0.2, 0.25) is 5.88 Å². The Bertz CT molecular complexity index is 438. The first-order chi connectivity index (χ1) is 6.79. The molecule has 0 saturated heterocycles. The van der Waals surface area contributed by atoms with E-state index in [0.717, 1.165) is 5.69 Å². The van der Waals surface area contributed by atoms with Crippen LogP contribution in [0.4, 0.5) is 5.69 Å². The average molecular weight is 190 g/mol. The Morgan fingerprint density at radius 1 is 1.50 bits per heavy atom. The zero-order valence-corrected chi connectivity index (χ0v) is 7.71. The van der Waals surface area contributed by atoms with Gasteiger partial charge in [0.1, 0.15) is 0 Å². The normalized spacial score (nSPS) is 10.1. The van der Waals surface area contributed by atoms with Crippen molar-refractivity contribution in [2.45, 2.75) is 0 Å². The van der Waals surface area contributed by atoms with Gasteiger partial charge in [-0.15, -0.1) is 0 Å². The fourth-order valence-electron chi connectivity index (χ4n) is 1.13. The summed E-state index contributed by atoms with van der Waals surface area (Å²) in [7, 11) is 1.57. The molecular weight excluding hydrogens is 180 g/mol. The van der Waals surface area contributed by atoms with Crippen LogP contribution >= 0.6 is 0 Å². The molecule has 0 aliphatic rings. The van der Waals surface area contributed by atoms with Crippen molar-refractivity contribution in [3.8, 4) is 11.6 Å². The van der Waals surface area contributed by atoms with E-state index < -0.39 is 0 Å². The van der Waals surface area contributed by atoms with Crippen molar-refractivity contribution in [1.82, 2.24) is 14.8 Å². The van der Waals surface area contributed by atoms with Gasteiger partial charge in [-0.05, 0) is 6.07 Å². The standard InChI is InChI=1S/C9H10N4O/c1-14-9-4-8(2-3-11-9)13-6-7(10)5-12-13/h2-6H,10H2,1H3. The van der Waals surface area contributed by atoms with E-state index in [2.05, 4.69) is 10.1 Å². The SMILES string of the molecule is COc1cc(-n2cc(N)cn2)ccn1. The molecule has 0 amide bonds. The molecule has 2 aromatic rings. The second-order valence-corrected chi connectivity index (χ2v) is 2.77. The third-order valence-electron chi connectivity index (χ3n) is 1.79. The van der Waals surface area contributed by atoms with E-state index in [0.29, 0.717) is 11.6 Å². The molecule has 2 aromatic heterocycles. The number of nitrogen functional groups attached to an aromatic ring is 1. The largest absolute Gasteiger partial charge is 0.481 e. The van der Waals surface area contributed by atoms with E-state index in [1.165, 1.54) is 0 Å². The summed E-state index contributed by atoms with van der Waals surface area (Å²) in [5.74, 6) is 0.552. The fourth-order valence-corrected chi connectivity index (χ4v) is 1.13. The van der Waals surface area contributed by atoms with Crippen molar-refractivity contribution in [3.05, 3.63) is 30.7 Å². The van der Waals surface area contributed by atoms with Crippen LogP contribution in [0.3, 0.4) is 0 Å². The molecule has 0 saturated carbocycles.